The van der Waals surface area contributed by atoms with E-state index in [4.69, 9.17) is 5.73 Å². The van der Waals surface area contributed by atoms with Gasteiger partial charge in [0.15, 0.2) is 0 Å². The first-order chi connectivity index (χ1) is 4.85. The van der Waals surface area contributed by atoms with E-state index in [1.54, 1.807) is 12.2 Å². The molecule has 0 rings (SSSR count). The average molecular weight is 136 g/mol. The highest BCUT2D eigenvalue weighted by molar-refractivity contribution is 5.51. The molecular weight excluding hydrogens is 124 g/mol. The zero-order valence-electron chi connectivity index (χ0n) is 5.96. The lowest BCUT2D eigenvalue weighted by atomic mass is 10.2. The van der Waals surface area contributed by atoms with Gasteiger partial charge < -0.3 is 5.73 Å². The van der Waals surface area contributed by atoms with Gasteiger partial charge in [-0.2, -0.15) is 0 Å². The molecule has 0 saturated carbocycles. The summed E-state index contributed by atoms with van der Waals surface area (Å²) in [7, 11) is 0. The molecule has 0 radical (unpaired) electrons. The fraction of sp³-hybridized carbons (Fsp3) is 0.125. The Hall–Kier alpha value is -1.31. The van der Waals surface area contributed by atoms with Crippen molar-refractivity contribution in [1.82, 2.24) is 0 Å². The minimum atomic E-state index is 0.575. The maximum absolute atomic E-state index is 5.05. The molecule has 0 bridgehead atoms. The molecule has 0 saturated heterocycles. The van der Waals surface area contributed by atoms with Crippen LogP contribution in [0, 0.1) is 0 Å². The number of hydrogen-bond acceptors (Lipinski definition) is 1. The summed E-state index contributed by atoms with van der Waals surface area (Å²) in [6.07, 6.45) is 6.55. The molecule has 10 heavy (non-hydrogen) atoms. The highest BCUT2D eigenvalue weighted by atomic mass is 14.8. The van der Waals surface area contributed by atoms with E-state index < -0.39 is 0 Å². The van der Waals surface area contributed by atoms with Crippen molar-refractivity contribution in [3.05, 3.63) is 37.0 Å². The van der Waals surface area contributed by atoms with Gasteiger partial charge in [0.25, 0.3) is 0 Å². The minimum absolute atomic E-state index is 0.575. The van der Waals surface area contributed by atoms with E-state index in [2.05, 4.69) is 18.2 Å². The van der Waals surface area contributed by atoms with E-state index in [-0.39, 0.29) is 0 Å². The van der Waals surface area contributed by atoms with Gasteiger partial charge in [0.05, 0.1) is 12.9 Å². The van der Waals surface area contributed by atoms with Crippen LogP contribution in [0.4, 0.5) is 0 Å². The van der Waals surface area contributed by atoms with Crippen LogP contribution >= 0.6 is 0 Å². The van der Waals surface area contributed by atoms with Crippen LogP contribution in [0.5, 0.6) is 0 Å². The molecule has 2 N–H and O–H groups in total. The van der Waals surface area contributed by atoms with Crippen LogP contribution in [0.3, 0.4) is 0 Å². The predicted octanol–water partition coefficient (Wildman–Crippen LogP) is 1.27. The molecule has 0 aromatic rings. The summed E-state index contributed by atoms with van der Waals surface area (Å²) in [5.74, 6) is 0. The standard InChI is InChI=1S/C8H12N2/c1-3-5-8(4-2)6-10-7-9/h3-5,7H,1-2,6H2,(H2,9,10)/b8-5+. The van der Waals surface area contributed by atoms with Crippen molar-refractivity contribution < 1.29 is 0 Å². The topological polar surface area (TPSA) is 38.4 Å². The van der Waals surface area contributed by atoms with Crippen molar-refractivity contribution in [2.75, 3.05) is 6.54 Å². The van der Waals surface area contributed by atoms with E-state index in [1.165, 1.54) is 6.34 Å². The van der Waals surface area contributed by atoms with Crippen molar-refractivity contribution in [1.29, 1.82) is 0 Å². The number of nitrogens with two attached hydrogens (primary N) is 1. The number of aliphatic imine (C=N–C) groups is 1. The van der Waals surface area contributed by atoms with Crippen molar-refractivity contribution in [2.24, 2.45) is 10.7 Å². The molecule has 0 amide bonds. The highest BCUT2D eigenvalue weighted by Crippen LogP contribution is 1.95. The molecule has 0 unspecified atom stereocenters. The zero-order valence-corrected chi connectivity index (χ0v) is 5.96. The lowest BCUT2D eigenvalue weighted by molar-refractivity contribution is 1.19. The van der Waals surface area contributed by atoms with Gasteiger partial charge in [0.2, 0.25) is 0 Å². The maximum atomic E-state index is 5.05. The van der Waals surface area contributed by atoms with Gasteiger partial charge in [-0.15, -0.1) is 0 Å². The van der Waals surface area contributed by atoms with Gasteiger partial charge in [-0.05, 0) is 5.57 Å². The van der Waals surface area contributed by atoms with Crippen LogP contribution < -0.4 is 5.73 Å². The fourth-order valence-electron chi connectivity index (χ4n) is 0.495. The molecule has 0 aliphatic heterocycles. The molecule has 0 fully saturated rings. The van der Waals surface area contributed by atoms with Crippen LogP contribution in [0.2, 0.25) is 0 Å². The predicted molar refractivity (Wildman–Crippen MR) is 46.0 cm³/mol. The molecule has 2 heteroatoms. The fourth-order valence-corrected chi connectivity index (χ4v) is 0.495. The summed E-state index contributed by atoms with van der Waals surface area (Å²) in [6.45, 7) is 7.73. The summed E-state index contributed by atoms with van der Waals surface area (Å²) in [4.78, 5) is 3.83. The normalized spacial score (nSPS) is 11.8. The SMILES string of the molecule is C=C/C=C(\C=C)CN=CN. The van der Waals surface area contributed by atoms with Crippen molar-refractivity contribution >= 4 is 6.34 Å². The average Bonchev–Trinajstić information content (AvgIpc) is 1.98. The summed E-state index contributed by atoms with van der Waals surface area (Å²) >= 11 is 0. The van der Waals surface area contributed by atoms with Crippen LogP contribution in [0.25, 0.3) is 0 Å². The molecule has 0 spiro atoms. The molecule has 2 nitrogen and oxygen atoms in total. The molecule has 0 aliphatic carbocycles. The first-order valence-electron chi connectivity index (χ1n) is 2.99. The van der Waals surface area contributed by atoms with E-state index >= 15 is 0 Å². The monoisotopic (exact) mass is 136 g/mol. The summed E-state index contributed by atoms with van der Waals surface area (Å²) in [6, 6.07) is 0. The number of nitrogens with zero attached hydrogens (tertiary/aromatic N) is 1. The zero-order chi connectivity index (χ0) is 7.82. The Morgan fingerprint density at radius 1 is 1.50 bits per heavy atom. The van der Waals surface area contributed by atoms with Crippen LogP contribution in [-0.4, -0.2) is 12.9 Å². The van der Waals surface area contributed by atoms with Gasteiger partial charge in [0, 0.05) is 0 Å². The van der Waals surface area contributed by atoms with E-state index in [9.17, 15) is 0 Å². The van der Waals surface area contributed by atoms with Crippen molar-refractivity contribution in [3.63, 3.8) is 0 Å². The molecular formula is C8H12N2. The van der Waals surface area contributed by atoms with Gasteiger partial charge in [-0.25, -0.2) is 0 Å². The Morgan fingerprint density at radius 2 is 2.20 bits per heavy atom. The van der Waals surface area contributed by atoms with E-state index in [1.807, 2.05) is 6.08 Å². The van der Waals surface area contributed by atoms with Crippen LogP contribution in [0.15, 0.2) is 42.0 Å². The minimum Gasteiger partial charge on any atom is -0.390 e. The summed E-state index contributed by atoms with van der Waals surface area (Å²) < 4.78 is 0. The second-order valence-electron chi connectivity index (χ2n) is 1.67. The Morgan fingerprint density at radius 3 is 2.60 bits per heavy atom. The Kier molecular flexibility index (Phi) is 5.06. The first kappa shape index (κ1) is 8.69. The Labute approximate surface area is 61.5 Å². The number of hydrogen-bond donors (Lipinski definition) is 1. The van der Waals surface area contributed by atoms with Crippen molar-refractivity contribution in [3.8, 4) is 0 Å². The maximum Gasteiger partial charge on any atom is 0.0801 e. The molecule has 0 atom stereocenters. The molecule has 0 aromatic carbocycles. The third kappa shape index (κ3) is 3.66. The third-order valence-electron chi connectivity index (χ3n) is 0.973. The van der Waals surface area contributed by atoms with Crippen LogP contribution in [-0.2, 0) is 0 Å². The second kappa shape index (κ2) is 5.82. The smallest absolute Gasteiger partial charge is 0.0801 e. The summed E-state index contributed by atoms with van der Waals surface area (Å²) in [5.41, 5.74) is 6.06. The lowest BCUT2D eigenvalue weighted by Crippen LogP contribution is -1.91. The van der Waals surface area contributed by atoms with Crippen molar-refractivity contribution in [2.45, 2.75) is 0 Å². The van der Waals surface area contributed by atoms with E-state index in [0.29, 0.717) is 6.54 Å². The summed E-state index contributed by atoms with van der Waals surface area (Å²) in [5, 5.41) is 0. The largest absolute Gasteiger partial charge is 0.390 e. The molecule has 0 heterocycles. The second-order valence-corrected chi connectivity index (χ2v) is 1.67. The van der Waals surface area contributed by atoms with Gasteiger partial charge in [-0.1, -0.05) is 31.4 Å². The van der Waals surface area contributed by atoms with Gasteiger partial charge in [0.1, 0.15) is 0 Å². The number of allylic oxidation sites excluding steroid dienone is 2. The third-order valence-corrected chi connectivity index (χ3v) is 0.973. The molecule has 0 aromatic heterocycles. The van der Waals surface area contributed by atoms with Gasteiger partial charge >= 0.3 is 0 Å². The van der Waals surface area contributed by atoms with Gasteiger partial charge in [-0.3, -0.25) is 4.99 Å². The molecule has 0 aliphatic rings. The lowest BCUT2D eigenvalue weighted by Gasteiger charge is -1.91. The molecule has 54 valence electrons. The first-order valence-corrected chi connectivity index (χ1v) is 2.99. The van der Waals surface area contributed by atoms with E-state index in [0.717, 1.165) is 5.57 Å². The Bertz CT molecular complexity index is 166. The highest BCUT2D eigenvalue weighted by Gasteiger charge is 1.83. The van der Waals surface area contributed by atoms with Crippen LogP contribution in [0.1, 0.15) is 0 Å². The Balaban J connectivity index is 3.94. The number of rotatable bonds is 4. The quantitative estimate of drug-likeness (QED) is 0.353.